The monoisotopic (exact) mass is 248 g/mol. The number of nitrogens with one attached hydrogen (secondary N) is 1. The second-order valence-corrected chi connectivity index (χ2v) is 4.93. The van der Waals surface area contributed by atoms with E-state index in [4.69, 9.17) is 0 Å². The highest BCUT2D eigenvalue weighted by atomic mass is 16.2. The van der Waals surface area contributed by atoms with Gasteiger partial charge >= 0.3 is 0 Å². The summed E-state index contributed by atoms with van der Waals surface area (Å²) >= 11 is 0. The summed E-state index contributed by atoms with van der Waals surface area (Å²) in [7, 11) is 1.83. The smallest absolute Gasteiger partial charge is 0.219 e. The van der Waals surface area contributed by atoms with Crippen molar-refractivity contribution in [3.63, 3.8) is 0 Å². The Labute approximate surface area is 110 Å². The fraction of sp³-hybridized carbons (Fsp3) is 0.533. The number of anilines is 1. The highest BCUT2D eigenvalue weighted by Gasteiger charge is 2.07. The van der Waals surface area contributed by atoms with Gasteiger partial charge in [-0.1, -0.05) is 38.5 Å². The summed E-state index contributed by atoms with van der Waals surface area (Å²) in [6.45, 7) is 7.64. The molecule has 0 radical (unpaired) electrons. The number of hydrogen-bond acceptors (Lipinski definition) is 2. The van der Waals surface area contributed by atoms with Gasteiger partial charge in [-0.05, 0) is 17.5 Å². The Balaban J connectivity index is 2.70. The van der Waals surface area contributed by atoms with Crippen LogP contribution in [0.4, 0.5) is 5.69 Å². The van der Waals surface area contributed by atoms with Crippen LogP contribution in [0.1, 0.15) is 32.8 Å². The van der Waals surface area contributed by atoms with Crippen molar-refractivity contribution < 1.29 is 4.79 Å². The SMILES string of the molecule is CCC(C)CNc1ccccc1CN(C)C(C)=O. The van der Waals surface area contributed by atoms with Gasteiger partial charge in [0.1, 0.15) is 0 Å². The van der Waals surface area contributed by atoms with Crippen LogP contribution in [-0.4, -0.2) is 24.4 Å². The number of para-hydroxylation sites is 1. The first-order valence-electron chi connectivity index (χ1n) is 6.58. The molecule has 1 N–H and O–H groups in total. The average molecular weight is 248 g/mol. The molecular formula is C15H24N2O. The number of nitrogens with zero attached hydrogens (tertiary/aromatic N) is 1. The van der Waals surface area contributed by atoms with Crippen LogP contribution in [0.3, 0.4) is 0 Å². The van der Waals surface area contributed by atoms with Gasteiger partial charge in [-0.15, -0.1) is 0 Å². The van der Waals surface area contributed by atoms with Gasteiger partial charge in [0.2, 0.25) is 5.91 Å². The van der Waals surface area contributed by atoms with Gasteiger partial charge in [0.25, 0.3) is 0 Å². The lowest BCUT2D eigenvalue weighted by Crippen LogP contribution is -2.24. The van der Waals surface area contributed by atoms with Crippen LogP contribution >= 0.6 is 0 Å². The third kappa shape index (κ3) is 4.40. The first-order chi connectivity index (χ1) is 8.54. The van der Waals surface area contributed by atoms with Crippen LogP contribution in [-0.2, 0) is 11.3 Å². The number of hydrogen-bond donors (Lipinski definition) is 1. The Morgan fingerprint density at radius 1 is 1.39 bits per heavy atom. The van der Waals surface area contributed by atoms with Gasteiger partial charge in [0.15, 0.2) is 0 Å². The van der Waals surface area contributed by atoms with Crippen molar-refractivity contribution in [2.75, 3.05) is 18.9 Å². The number of carbonyl (C=O) groups is 1. The fourth-order valence-corrected chi connectivity index (χ4v) is 1.63. The van der Waals surface area contributed by atoms with E-state index in [-0.39, 0.29) is 5.91 Å². The first kappa shape index (κ1) is 14.6. The van der Waals surface area contributed by atoms with Gasteiger partial charge < -0.3 is 10.2 Å². The predicted octanol–water partition coefficient (Wildman–Crippen LogP) is 3.12. The van der Waals surface area contributed by atoms with Gasteiger partial charge in [-0.3, -0.25) is 4.79 Å². The van der Waals surface area contributed by atoms with E-state index in [1.54, 1.807) is 11.8 Å². The second-order valence-electron chi connectivity index (χ2n) is 4.93. The van der Waals surface area contributed by atoms with Crippen molar-refractivity contribution in [1.29, 1.82) is 0 Å². The van der Waals surface area contributed by atoms with Crippen molar-refractivity contribution in [2.24, 2.45) is 5.92 Å². The molecule has 0 fully saturated rings. The number of benzene rings is 1. The quantitative estimate of drug-likeness (QED) is 0.839. The minimum absolute atomic E-state index is 0.0896. The summed E-state index contributed by atoms with van der Waals surface area (Å²) in [5.41, 5.74) is 2.30. The maximum Gasteiger partial charge on any atom is 0.219 e. The molecule has 1 rings (SSSR count). The van der Waals surface area contributed by atoms with Gasteiger partial charge in [-0.2, -0.15) is 0 Å². The topological polar surface area (TPSA) is 32.3 Å². The molecule has 100 valence electrons. The summed E-state index contributed by atoms with van der Waals surface area (Å²) in [4.78, 5) is 13.0. The Morgan fingerprint density at radius 3 is 2.67 bits per heavy atom. The van der Waals surface area contributed by atoms with Crippen molar-refractivity contribution in [1.82, 2.24) is 4.90 Å². The number of rotatable bonds is 6. The largest absolute Gasteiger partial charge is 0.385 e. The summed E-state index contributed by atoms with van der Waals surface area (Å²) in [5.74, 6) is 0.746. The van der Waals surface area contributed by atoms with Gasteiger partial charge in [-0.25, -0.2) is 0 Å². The number of amides is 1. The molecule has 0 saturated carbocycles. The predicted molar refractivity (Wildman–Crippen MR) is 76.5 cm³/mol. The van der Waals surface area contributed by atoms with E-state index in [2.05, 4.69) is 31.3 Å². The molecule has 0 spiro atoms. The Morgan fingerprint density at radius 2 is 2.06 bits per heavy atom. The number of carbonyl (C=O) groups excluding carboxylic acids is 1. The Hall–Kier alpha value is -1.51. The summed E-state index contributed by atoms with van der Waals surface area (Å²) < 4.78 is 0. The van der Waals surface area contributed by atoms with E-state index >= 15 is 0 Å². The normalized spacial score (nSPS) is 12.0. The molecule has 1 atom stereocenters. The van der Waals surface area contributed by atoms with Crippen molar-refractivity contribution in [3.05, 3.63) is 29.8 Å². The molecule has 3 nitrogen and oxygen atoms in total. The zero-order valence-electron chi connectivity index (χ0n) is 11.9. The molecule has 1 aromatic rings. The molecule has 0 bridgehead atoms. The minimum atomic E-state index is 0.0896. The van der Waals surface area contributed by atoms with Crippen LogP contribution in [0.25, 0.3) is 0 Å². The van der Waals surface area contributed by atoms with Crippen molar-refractivity contribution >= 4 is 11.6 Å². The molecule has 0 aliphatic rings. The van der Waals surface area contributed by atoms with Crippen LogP contribution in [0, 0.1) is 5.92 Å². The second kappa shape index (κ2) is 7.04. The van der Waals surface area contributed by atoms with Crippen LogP contribution in [0.2, 0.25) is 0 Å². The van der Waals surface area contributed by atoms with Crippen molar-refractivity contribution in [3.8, 4) is 0 Å². The molecule has 0 aliphatic carbocycles. The Bertz CT molecular complexity index is 390. The molecule has 3 heteroatoms. The molecule has 1 amide bonds. The standard InChI is InChI=1S/C15H24N2O/c1-5-12(2)10-16-15-9-7-6-8-14(15)11-17(4)13(3)18/h6-9,12,16H,5,10-11H2,1-4H3. The highest BCUT2D eigenvalue weighted by Crippen LogP contribution is 2.17. The molecule has 1 aromatic carbocycles. The van der Waals surface area contributed by atoms with E-state index < -0.39 is 0 Å². The first-order valence-corrected chi connectivity index (χ1v) is 6.58. The molecule has 0 aliphatic heterocycles. The minimum Gasteiger partial charge on any atom is -0.385 e. The maximum absolute atomic E-state index is 11.3. The summed E-state index contributed by atoms with van der Waals surface area (Å²) in [6.07, 6.45) is 1.17. The lowest BCUT2D eigenvalue weighted by atomic mass is 10.1. The van der Waals surface area contributed by atoms with E-state index in [0.29, 0.717) is 12.5 Å². The zero-order valence-corrected chi connectivity index (χ0v) is 11.9. The van der Waals surface area contributed by atoms with E-state index in [1.165, 1.54) is 12.0 Å². The lowest BCUT2D eigenvalue weighted by molar-refractivity contribution is -0.128. The van der Waals surface area contributed by atoms with Crippen LogP contribution < -0.4 is 5.32 Å². The Kier molecular flexibility index (Phi) is 5.69. The van der Waals surface area contributed by atoms with Crippen LogP contribution in [0.5, 0.6) is 0 Å². The van der Waals surface area contributed by atoms with Crippen LogP contribution in [0.15, 0.2) is 24.3 Å². The maximum atomic E-state index is 11.3. The van der Waals surface area contributed by atoms with Gasteiger partial charge in [0.05, 0.1) is 0 Å². The molecule has 0 heterocycles. The molecule has 0 aromatic heterocycles. The van der Waals surface area contributed by atoms with Crippen molar-refractivity contribution in [2.45, 2.75) is 33.7 Å². The molecular weight excluding hydrogens is 224 g/mol. The average Bonchev–Trinajstić information content (AvgIpc) is 2.37. The van der Waals surface area contributed by atoms with Gasteiger partial charge in [0, 0.05) is 32.7 Å². The lowest BCUT2D eigenvalue weighted by Gasteiger charge is -2.19. The van der Waals surface area contributed by atoms with E-state index in [1.807, 2.05) is 19.2 Å². The molecule has 0 saturated heterocycles. The zero-order chi connectivity index (χ0) is 13.5. The molecule has 1 unspecified atom stereocenters. The van der Waals surface area contributed by atoms with E-state index in [0.717, 1.165) is 12.2 Å². The summed E-state index contributed by atoms with van der Waals surface area (Å²) in [6, 6.07) is 8.18. The third-order valence-corrected chi connectivity index (χ3v) is 3.30. The fourth-order valence-electron chi connectivity index (χ4n) is 1.63. The summed E-state index contributed by atoms with van der Waals surface area (Å²) in [5, 5.41) is 3.47. The van der Waals surface area contributed by atoms with E-state index in [9.17, 15) is 4.79 Å². The highest BCUT2D eigenvalue weighted by molar-refractivity contribution is 5.73. The molecule has 18 heavy (non-hydrogen) atoms. The third-order valence-electron chi connectivity index (χ3n) is 3.30.